The highest BCUT2D eigenvalue weighted by Crippen LogP contribution is 2.38. The molecule has 69 heavy (non-hydrogen) atoms. The standard InChI is InChI=1S/C52H81N5O12/c1-31-16-12-11-13-17-32(2)43(66-8)28-39(58)21-19-33(3)46(60)49(63)51(64)56-23-15-14-18-41(56)52(65)69-44(35(5)26-38-20-22-40(45(27-38)67-9)57-30-53-54-55-57)29-42(59)34(4)25-37(7)48(62)50(68-10)47(61)36(6)24-31/h11-13,16-17,25,30-31,33-36,38-41,43-46,48,50,58,60,62H,14-15,18-24,26-29H2,1-10H3/b13-11?,16-12?,32-17-,37-25+/t31-,33-,34-,35-,36-,38+,39+,40+,41-,43+,44-,45-,46+,48-,50+/m1/s1. The fourth-order valence-corrected chi connectivity index (χ4v) is 10.2. The number of allylic oxidation sites excluding steroid dienone is 6. The van der Waals surface area contributed by atoms with Crippen LogP contribution in [0.1, 0.15) is 132 Å². The van der Waals surface area contributed by atoms with Gasteiger partial charge >= 0.3 is 5.97 Å². The number of carbonyl (C=O) groups excluding carboxylic acids is 5. The van der Waals surface area contributed by atoms with Crippen LogP contribution in [0.5, 0.6) is 0 Å². The number of carbonyl (C=O) groups is 5. The number of amides is 1. The van der Waals surface area contributed by atoms with E-state index in [0.717, 1.165) is 18.4 Å². The van der Waals surface area contributed by atoms with E-state index in [1.165, 1.54) is 12.0 Å². The van der Waals surface area contributed by atoms with Crippen molar-refractivity contribution in [3.63, 3.8) is 0 Å². The third-order valence-corrected chi connectivity index (χ3v) is 14.7. The number of fused-ring (bicyclic) bond motifs is 1. The van der Waals surface area contributed by atoms with Crippen molar-refractivity contribution >= 4 is 29.2 Å². The number of aliphatic hydroxyl groups is 3. The molecule has 17 heteroatoms. The number of piperidine rings is 1. The van der Waals surface area contributed by atoms with Gasteiger partial charge < -0.3 is 39.2 Å². The second-order valence-corrected chi connectivity index (χ2v) is 20.2. The van der Waals surface area contributed by atoms with Gasteiger partial charge in [0.2, 0.25) is 5.78 Å². The number of cyclic esters (lactones) is 1. The summed E-state index contributed by atoms with van der Waals surface area (Å²) in [7, 11) is 4.59. The first-order valence-corrected chi connectivity index (χ1v) is 25.0. The Morgan fingerprint density at radius 1 is 0.826 bits per heavy atom. The lowest BCUT2D eigenvalue weighted by atomic mass is 9.77. The Labute approximate surface area is 409 Å². The molecule has 386 valence electrons. The Balaban J connectivity index is 1.64. The van der Waals surface area contributed by atoms with Gasteiger partial charge in [0.05, 0.1) is 24.4 Å². The van der Waals surface area contributed by atoms with Crippen molar-refractivity contribution in [3.8, 4) is 0 Å². The number of rotatable bonds is 7. The predicted molar refractivity (Wildman–Crippen MR) is 258 cm³/mol. The van der Waals surface area contributed by atoms with E-state index >= 15 is 0 Å². The minimum absolute atomic E-state index is 0.0164. The van der Waals surface area contributed by atoms with Crippen molar-refractivity contribution in [2.24, 2.45) is 35.5 Å². The molecular formula is C52H81N5O12. The minimum Gasteiger partial charge on any atom is -0.460 e. The highest BCUT2D eigenvalue weighted by molar-refractivity contribution is 6.38. The Morgan fingerprint density at radius 2 is 1.57 bits per heavy atom. The van der Waals surface area contributed by atoms with E-state index in [0.29, 0.717) is 37.7 Å². The Bertz CT molecular complexity index is 1950. The minimum atomic E-state index is -1.66. The molecule has 17 nitrogen and oxygen atoms in total. The number of ether oxygens (including phenoxy) is 4. The lowest BCUT2D eigenvalue weighted by Gasteiger charge is -2.38. The average molecular weight is 968 g/mol. The maximum atomic E-state index is 14.4. The number of ketones is 3. The highest BCUT2D eigenvalue weighted by Gasteiger charge is 2.42. The van der Waals surface area contributed by atoms with E-state index in [2.05, 4.69) is 15.5 Å². The van der Waals surface area contributed by atoms with Gasteiger partial charge in [0.1, 0.15) is 42.6 Å². The summed E-state index contributed by atoms with van der Waals surface area (Å²) in [6.07, 6.45) is 11.5. The number of aliphatic hydroxyl groups excluding tert-OH is 3. The second-order valence-electron chi connectivity index (χ2n) is 20.2. The van der Waals surface area contributed by atoms with Crippen LogP contribution in [0.15, 0.2) is 53.9 Å². The van der Waals surface area contributed by atoms with Crippen LogP contribution < -0.4 is 0 Å². The molecule has 1 saturated heterocycles. The number of tetrazole rings is 1. The zero-order chi connectivity index (χ0) is 50.9. The zero-order valence-electron chi connectivity index (χ0n) is 42.6. The van der Waals surface area contributed by atoms with Crippen molar-refractivity contribution in [1.82, 2.24) is 25.1 Å². The number of esters is 1. The molecule has 1 aliphatic carbocycles. The SMILES string of the molecule is CO[C@H]1C[C@@H](O)CC[C@@H](C)[C@H](O)C(=O)C(=O)N2CCCC[C@@H]2C(=O)O[C@@H]([C@H](C)C[C@@H]2CC[C@H](n3cnnn3)[C@H](OC)C2)CC(=O)[C@H](C)/C=C(\C)[C@@H](O)[C@@H](OC)C(=O)[C@H](C)C[C@H](C)C=CC=C/C=C\1C. The van der Waals surface area contributed by atoms with Gasteiger partial charge in [-0.15, -0.1) is 5.10 Å². The van der Waals surface area contributed by atoms with Gasteiger partial charge in [-0.05, 0) is 123 Å². The molecule has 15 atom stereocenters. The maximum absolute atomic E-state index is 14.4. The first-order chi connectivity index (χ1) is 32.8. The number of hydrogen-bond acceptors (Lipinski definition) is 15. The van der Waals surface area contributed by atoms with E-state index in [-0.39, 0.29) is 80.1 Å². The first kappa shape index (κ1) is 57.3. The van der Waals surface area contributed by atoms with Gasteiger partial charge in [-0.1, -0.05) is 71.1 Å². The van der Waals surface area contributed by atoms with Gasteiger partial charge in [0, 0.05) is 52.6 Å². The molecule has 3 N–H and O–H groups in total. The summed E-state index contributed by atoms with van der Waals surface area (Å²) in [4.78, 5) is 71.1. The number of Topliss-reactive ketones (excluding diaryl/α,β-unsaturated/α-hetero) is 3. The van der Waals surface area contributed by atoms with Crippen molar-refractivity contribution < 1.29 is 58.2 Å². The van der Waals surface area contributed by atoms with Crippen molar-refractivity contribution in [2.45, 2.75) is 180 Å². The van der Waals surface area contributed by atoms with Gasteiger partial charge in [-0.25, -0.2) is 9.48 Å². The average Bonchev–Trinajstić information content (AvgIpc) is 3.88. The van der Waals surface area contributed by atoms with Gasteiger partial charge in [-0.3, -0.25) is 19.2 Å². The smallest absolute Gasteiger partial charge is 0.329 e. The van der Waals surface area contributed by atoms with E-state index in [4.69, 9.17) is 18.9 Å². The van der Waals surface area contributed by atoms with E-state index in [1.807, 2.05) is 58.1 Å². The van der Waals surface area contributed by atoms with Gasteiger partial charge in [0.25, 0.3) is 5.91 Å². The number of methoxy groups -OCH3 is 3. The molecule has 0 spiro atoms. The predicted octanol–water partition coefficient (Wildman–Crippen LogP) is 5.68. The molecular weight excluding hydrogens is 887 g/mol. The quantitative estimate of drug-likeness (QED) is 0.170. The molecule has 1 aromatic heterocycles. The number of hydrogen-bond donors (Lipinski definition) is 3. The van der Waals surface area contributed by atoms with Crippen molar-refractivity contribution in [1.29, 1.82) is 0 Å². The molecule has 1 aromatic rings. The molecule has 4 rings (SSSR count). The number of nitrogens with zero attached hydrogens (tertiary/aromatic N) is 5. The van der Waals surface area contributed by atoms with Crippen LogP contribution in [-0.4, -0.2) is 146 Å². The molecule has 3 aliphatic rings. The second kappa shape index (κ2) is 28.0. The third kappa shape index (κ3) is 16.4. The van der Waals surface area contributed by atoms with Gasteiger partial charge in [0.15, 0.2) is 5.78 Å². The normalized spacial score (nSPS) is 36.3. The van der Waals surface area contributed by atoms with Crippen LogP contribution in [-0.2, 0) is 42.9 Å². The summed E-state index contributed by atoms with van der Waals surface area (Å²) in [5.41, 5.74) is 1.26. The lowest BCUT2D eigenvalue weighted by Crippen LogP contribution is -2.54. The zero-order valence-corrected chi connectivity index (χ0v) is 42.6. The monoisotopic (exact) mass is 968 g/mol. The fraction of sp³-hybridized carbons (Fsp3) is 0.731. The first-order valence-electron chi connectivity index (χ1n) is 25.0. The maximum Gasteiger partial charge on any atom is 0.329 e. The topological polar surface area (TPSA) is 230 Å². The fourth-order valence-electron chi connectivity index (χ4n) is 10.2. The lowest BCUT2D eigenvalue weighted by molar-refractivity contribution is -0.167. The van der Waals surface area contributed by atoms with Gasteiger partial charge in [-0.2, -0.15) is 0 Å². The van der Waals surface area contributed by atoms with Crippen molar-refractivity contribution in [3.05, 3.63) is 53.9 Å². The number of aromatic nitrogens is 4. The van der Waals surface area contributed by atoms with E-state index < -0.39 is 78.1 Å². The summed E-state index contributed by atoms with van der Waals surface area (Å²) in [5, 5.41) is 45.4. The van der Waals surface area contributed by atoms with Crippen LogP contribution >= 0.6 is 0 Å². The van der Waals surface area contributed by atoms with Crippen LogP contribution in [0.3, 0.4) is 0 Å². The van der Waals surface area contributed by atoms with Crippen LogP contribution in [0.2, 0.25) is 0 Å². The molecule has 0 bridgehead atoms. The summed E-state index contributed by atoms with van der Waals surface area (Å²) in [5.74, 6) is -5.33. The summed E-state index contributed by atoms with van der Waals surface area (Å²) >= 11 is 0. The molecule has 1 saturated carbocycles. The molecule has 3 heterocycles. The van der Waals surface area contributed by atoms with E-state index in [1.54, 1.807) is 52.1 Å². The highest BCUT2D eigenvalue weighted by atomic mass is 16.5. The summed E-state index contributed by atoms with van der Waals surface area (Å²) < 4.78 is 25.2. The van der Waals surface area contributed by atoms with Crippen LogP contribution in [0, 0.1) is 35.5 Å². The Hall–Kier alpha value is -4.26. The molecule has 0 radical (unpaired) electrons. The van der Waals surface area contributed by atoms with Crippen LogP contribution in [0.25, 0.3) is 0 Å². The molecule has 2 aliphatic heterocycles. The largest absolute Gasteiger partial charge is 0.460 e. The molecule has 0 aromatic carbocycles. The van der Waals surface area contributed by atoms with Crippen molar-refractivity contribution in [2.75, 3.05) is 27.9 Å². The molecule has 0 unspecified atom stereocenters. The summed E-state index contributed by atoms with van der Waals surface area (Å²) in [6.45, 7) is 12.7. The molecule has 1 amide bonds. The summed E-state index contributed by atoms with van der Waals surface area (Å²) in [6, 6.07) is -1.17. The third-order valence-electron chi connectivity index (χ3n) is 14.7. The Kier molecular flexibility index (Phi) is 23.2. The molecule has 2 fully saturated rings. The van der Waals surface area contributed by atoms with Crippen LogP contribution in [0.4, 0.5) is 0 Å². The Morgan fingerprint density at radius 3 is 2.23 bits per heavy atom. The van der Waals surface area contributed by atoms with E-state index in [9.17, 15) is 39.3 Å².